The molecule has 0 heterocycles. The smallest absolute Gasteiger partial charge is 0.198 e. The number of phenolic OH excluding ortho intramolecular Hbond substituents is 2. The minimum Gasteiger partial charge on any atom is -0.507 e. The third-order valence-corrected chi connectivity index (χ3v) is 3.77. The summed E-state index contributed by atoms with van der Waals surface area (Å²) in [5, 5.41) is 20.2. The van der Waals surface area contributed by atoms with Gasteiger partial charge in [0.05, 0.1) is 11.1 Å². The zero-order chi connectivity index (χ0) is 15.1. The van der Waals surface area contributed by atoms with E-state index >= 15 is 0 Å². The molecule has 0 atom stereocenters. The average molecular weight is 282 g/mol. The molecule has 0 fully saturated rings. The van der Waals surface area contributed by atoms with E-state index in [1.165, 1.54) is 18.2 Å². The van der Waals surface area contributed by atoms with Crippen molar-refractivity contribution in [1.29, 1.82) is 0 Å². The molecule has 0 aliphatic heterocycles. The average Bonchev–Trinajstić information content (AvgIpc) is 2.47. The van der Waals surface area contributed by atoms with E-state index in [2.05, 4.69) is 0 Å². The van der Waals surface area contributed by atoms with Gasteiger partial charge in [-0.15, -0.1) is 0 Å². The molecule has 0 unspecified atom stereocenters. The van der Waals surface area contributed by atoms with Gasteiger partial charge in [0.2, 0.25) is 0 Å². The lowest BCUT2D eigenvalue weighted by Gasteiger charge is -2.20. The monoisotopic (exact) mass is 282 g/mol. The highest BCUT2D eigenvalue weighted by Gasteiger charge is 2.34. The molecule has 0 amide bonds. The van der Waals surface area contributed by atoms with Crippen LogP contribution in [-0.2, 0) is 6.42 Å². The van der Waals surface area contributed by atoms with Gasteiger partial charge in [0.25, 0.3) is 0 Å². The number of carbonyl (C=O) groups excluding carboxylic acids is 2. The molecule has 0 saturated carbocycles. The molecular formula is C17H14O4. The molecule has 106 valence electrons. The van der Waals surface area contributed by atoms with E-state index in [1.807, 2.05) is 6.92 Å². The molecule has 4 nitrogen and oxygen atoms in total. The summed E-state index contributed by atoms with van der Waals surface area (Å²) in [6, 6.07) is 7.59. The SMILES string of the molecule is CCCc1ccc2c(c1O)C(=O)c1cccc(O)c1C2=O. The molecule has 4 heteroatoms. The first kappa shape index (κ1) is 13.4. The number of hydrogen-bond donors (Lipinski definition) is 2. The first-order valence-corrected chi connectivity index (χ1v) is 6.82. The number of benzene rings is 2. The number of phenols is 2. The van der Waals surface area contributed by atoms with Crippen LogP contribution in [0, 0.1) is 0 Å². The topological polar surface area (TPSA) is 74.6 Å². The highest BCUT2D eigenvalue weighted by Crippen LogP contribution is 2.37. The fourth-order valence-electron chi connectivity index (χ4n) is 2.76. The molecule has 0 radical (unpaired) electrons. The molecule has 0 aromatic heterocycles. The van der Waals surface area contributed by atoms with Crippen LogP contribution in [0.25, 0.3) is 0 Å². The Morgan fingerprint density at radius 3 is 2.29 bits per heavy atom. The van der Waals surface area contributed by atoms with Crippen molar-refractivity contribution in [3.63, 3.8) is 0 Å². The van der Waals surface area contributed by atoms with Gasteiger partial charge in [-0.3, -0.25) is 9.59 Å². The van der Waals surface area contributed by atoms with Crippen molar-refractivity contribution in [1.82, 2.24) is 0 Å². The number of fused-ring (bicyclic) bond motifs is 2. The summed E-state index contributed by atoms with van der Waals surface area (Å²) in [5.74, 6) is -1.20. The lowest BCUT2D eigenvalue weighted by molar-refractivity contribution is 0.0974. The number of aromatic hydroxyl groups is 2. The Morgan fingerprint density at radius 2 is 1.57 bits per heavy atom. The largest absolute Gasteiger partial charge is 0.507 e. The molecule has 0 saturated heterocycles. The van der Waals surface area contributed by atoms with Crippen LogP contribution in [0.4, 0.5) is 0 Å². The third-order valence-electron chi connectivity index (χ3n) is 3.77. The Kier molecular flexibility index (Phi) is 3.01. The van der Waals surface area contributed by atoms with E-state index in [9.17, 15) is 19.8 Å². The molecule has 0 bridgehead atoms. The van der Waals surface area contributed by atoms with Crippen LogP contribution < -0.4 is 0 Å². The second kappa shape index (κ2) is 4.74. The van der Waals surface area contributed by atoms with Crippen molar-refractivity contribution in [3.8, 4) is 11.5 Å². The van der Waals surface area contributed by atoms with Crippen LogP contribution in [0.5, 0.6) is 11.5 Å². The third kappa shape index (κ3) is 1.83. The minimum atomic E-state index is -0.434. The van der Waals surface area contributed by atoms with Crippen LogP contribution in [-0.4, -0.2) is 21.8 Å². The number of carbonyl (C=O) groups is 2. The van der Waals surface area contributed by atoms with E-state index in [1.54, 1.807) is 12.1 Å². The van der Waals surface area contributed by atoms with Crippen LogP contribution in [0.15, 0.2) is 30.3 Å². The molecule has 1 aliphatic rings. The second-order valence-corrected chi connectivity index (χ2v) is 5.10. The summed E-state index contributed by atoms with van der Waals surface area (Å²) in [4.78, 5) is 25.0. The first-order valence-electron chi connectivity index (χ1n) is 6.82. The molecule has 2 aromatic rings. The number of ketones is 2. The van der Waals surface area contributed by atoms with E-state index in [4.69, 9.17) is 0 Å². The van der Waals surface area contributed by atoms with Crippen LogP contribution in [0.1, 0.15) is 50.8 Å². The first-order chi connectivity index (χ1) is 10.1. The molecular weight excluding hydrogens is 268 g/mol. The summed E-state index contributed by atoms with van der Waals surface area (Å²) < 4.78 is 0. The van der Waals surface area contributed by atoms with Crippen molar-refractivity contribution in [2.75, 3.05) is 0 Å². The molecule has 2 aromatic carbocycles. The molecule has 1 aliphatic carbocycles. The van der Waals surface area contributed by atoms with E-state index in [0.29, 0.717) is 12.0 Å². The Balaban J connectivity index is 2.28. The summed E-state index contributed by atoms with van der Waals surface area (Å²) in [7, 11) is 0. The number of aryl methyl sites for hydroxylation is 1. The van der Waals surface area contributed by atoms with Gasteiger partial charge in [-0.25, -0.2) is 0 Å². The predicted octanol–water partition coefficient (Wildman–Crippen LogP) is 2.83. The molecule has 2 N–H and O–H groups in total. The minimum absolute atomic E-state index is 0.0117. The van der Waals surface area contributed by atoms with Gasteiger partial charge >= 0.3 is 0 Å². The second-order valence-electron chi connectivity index (χ2n) is 5.10. The highest BCUT2D eigenvalue weighted by atomic mass is 16.3. The van der Waals surface area contributed by atoms with Crippen LogP contribution in [0.3, 0.4) is 0 Å². The maximum atomic E-state index is 12.6. The van der Waals surface area contributed by atoms with Gasteiger partial charge in [0.15, 0.2) is 11.6 Å². The van der Waals surface area contributed by atoms with Gasteiger partial charge in [-0.2, -0.15) is 0 Å². The van der Waals surface area contributed by atoms with Crippen LogP contribution >= 0.6 is 0 Å². The Bertz CT molecular complexity index is 775. The zero-order valence-corrected chi connectivity index (χ0v) is 11.5. The zero-order valence-electron chi connectivity index (χ0n) is 11.5. The predicted molar refractivity (Wildman–Crippen MR) is 77.1 cm³/mol. The van der Waals surface area contributed by atoms with Gasteiger partial charge < -0.3 is 10.2 Å². The van der Waals surface area contributed by atoms with E-state index < -0.39 is 11.6 Å². The van der Waals surface area contributed by atoms with Crippen molar-refractivity contribution in [2.24, 2.45) is 0 Å². The van der Waals surface area contributed by atoms with Gasteiger partial charge in [0, 0.05) is 11.1 Å². The lowest BCUT2D eigenvalue weighted by atomic mass is 9.82. The summed E-state index contributed by atoms with van der Waals surface area (Å²) in [5.41, 5.74) is 0.991. The fraction of sp³-hybridized carbons (Fsp3) is 0.176. The molecule has 0 spiro atoms. The quantitative estimate of drug-likeness (QED) is 0.758. The van der Waals surface area contributed by atoms with Gasteiger partial charge in [0.1, 0.15) is 11.5 Å². The van der Waals surface area contributed by atoms with Crippen LogP contribution in [0.2, 0.25) is 0 Å². The van der Waals surface area contributed by atoms with E-state index in [-0.39, 0.29) is 33.8 Å². The van der Waals surface area contributed by atoms with Crippen molar-refractivity contribution >= 4 is 11.6 Å². The molecule has 3 rings (SSSR count). The number of rotatable bonds is 2. The maximum Gasteiger partial charge on any atom is 0.198 e. The van der Waals surface area contributed by atoms with Crippen molar-refractivity contribution in [3.05, 3.63) is 58.1 Å². The normalized spacial score (nSPS) is 13.0. The summed E-state index contributed by atoms with van der Waals surface area (Å²) in [6.45, 7) is 1.97. The summed E-state index contributed by atoms with van der Waals surface area (Å²) in [6.07, 6.45) is 1.46. The standard InChI is InChI=1S/C17H14O4/c1-2-4-9-7-8-11-14(15(9)19)17(21)10-5-3-6-12(18)13(10)16(11)20/h3,5-8,18-19H,2,4H2,1H3. The van der Waals surface area contributed by atoms with Gasteiger partial charge in [-0.05, 0) is 24.1 Å². The lowest BCUT2D eigenvalue weighted by Crippen LogP contribution is -2.21. The van der Waals surface area contributed by atoms with Gasteiger partial charge in [-0.1, -0.05) is 31.5 Å². The number of hydrogen-bond acceptors (Lipinski definition) is 4. The summed E-state index contributed by atoms with van der Waals surface area (Å²) >= 11 is 0. The molecule has 21 heavy (non-hydrogen) atoms. The van der Waals surface area contributed by atoms with Crippen molar-refractivity contribution in [2.45, 2.75) is 19.8 Å². The Morgan fingerprint density at radius 1 is 0.905 bits per heavy atom. The maximum absolute atomic E-state index is 12.6. The fourth-order valence-corrected chi connectivity index (χ4v) is 2.76. The van der Waals surface area contributed by atoms with E-state index in [0.717, 1.165) is 6.42 Å². The van der Waals surface area contributed by atoms with Crippen molar-refractivity contribution < 1.29 is 19.8 Å². The highest BCUT2D eigenvalue weighted by molar-refractivity contribution is 6.30. The Hall–Kier alpha value is -2.62. The Labute approximate surface area is 121 Å².